The van der Waals surface area contributed by atoms with Gasteiger partial charge in [0.15, 0.2) is 23.1 Å². The molecule has 10 nitrogen and oxygen atoms in total. The number of carbonyl (C=O) groups excluding carboxylic acids is 1. The number of carbonyl (C=O) groups is 1. The lowest BCUT2D eigenvalue weighted by molar-refractivity contribution is 0.249. The van der Waals surface area contributed by atoms with E-state index in [1.54, 1.807) is 24.0 Å². The summed E-state index contributed by atoms with van der Waals surface area (Å²) in [5, 5.41) is 4.36. The van der Waals surface area contributed by atoms with Gasteiger partial charge in [0.25, 0.3) is 0 Å². The van der Waals surface area contributed by atoms with Crippen LogP contribution in [-0.4, -0.2) is 47.8 Å². The number of halogens is 2. The summed E-state index contributed by atoms with van der Waals surface area (Å²) in [5.74, 6) is -2.63. The number of nitrogens with zero attached hydrogens (tertiary/aromatic N) is 6. The van der Waals surface area contributed by atoms with Crippen molar-refractivity contribution >= 4 is 23.6 Å². The molecule has 2 amide bonds. The summed E-state index contributed by atoms with van der Waals surface area (Å²) in [4.78, 5) is 24.6. The zero-order chi connectivity index (χ0) is 27.6. The van der Waals surface area contributed by atoms with E-state index in [2.05, 4.69) is 21.7 Å². The normalized spacial score (nSPS) is 13.7. The third-order valence-electron chi connectivity index (χ3n) is 5.97. The molecule has 12 heteroatoms. The lowest BCUT2D eigenvalue weighted by Gasteiger charge is -2.37. The van der Waals surface area contributed by atoms with Crippen LogP contribution in [-0.2, 0) is 13.6 Å². The zero-order valence-electron chi connectivity index (χ0n) is 21.4. The predicted octanol–water partition coefficient (Wildman–Crippen LogP) is 4.09. The van der Waals surface area contributed by atoms with E-state index in [9.17, 15) is 4.79 Å². The van der Waals surface area contributed by atoms with Gasteiger partial charge in [-0.3, -0.25) is 24.5 Å². The molecule has 0 aliphatic carbocycles. The summed E-state index contributed by atoms with van der Waals surface area (Å²) >= 11 is 0. The molecule has 1 aliphatic rings. The molecule has 0 saturated heterocycles. The molecule has 3 aromatic rings. The monoisotopic (exact) mass is 523 g/mol. The highest BCUT2D eigenvalue weighted by Gasteiger charge is 2.37. The van der Waals surface area contributed by atoms with Gasteiger partial charge >= 0.3 is 6.03 Å². The van der Waals surface area contributed by atoms with Crippen molar-refractivity contribution in [2.24, 2.45) is 17.8 Å². The molecule has 4 rings (SSSR count). The summed E-state index contributed by atoms with van der Waals surface area (Å²) in [6.07, 6.45) is 7.66. The first kappa shape index (κ1) is 26.3. The predicted molar refractivity (Wildman–Crippen MR) is 141 cm³/mol. The number of amides is 2. The fourth-order valence-corrected chi connectivity index (χ4v) is 4.20. The van der Waals surface area contributed by atoms with Crippen LogP contribution >= 0.6 is 0 Å². The summed E-state index contributed by atoms with van der Waals surface area (Å²) in [6.45, 7) is 5.11. The van der Waals surface area contributed by atoms with E-state index in [-0.39, 0.29) is 30.3 Å². The average Bonchev–Trinajstić information content (AvgIpc) is 3.24. The Bertz CT molecular complexity index is 1440. The number of anilines is 2. The van der Waals surface area contributed by atoms with Crippen LogP contribution in [0.2, 0.25) is 0 Å². The third-order valence-corrected chi connectivity index (χ3v) is 5.97. The Labute approximate surface area is 218 Å². The van der Waals surface area contributed by atoms with Gasteiger partial charge in [-0.1, -0.05) is 6.58 Å². The number of nitrogens with two attached hydrogens (primary N) is 1. The lowest BCUT2D eigenvalue weighted by Crippen LogP contribution is -2.49. The molecule has 0 radical (unpaired) electrons. The maximum Gasteiger partial charge on any atom is 0.329 e. The number of aryl methyl sites for hydroxylation is 2. The Hall–Kier alpha value is -4.74. The van der Waals surface area contributed by atoms with E-state index in [1.807, 2.05) is 13.1 Å². The van der Waals surface area contributed by atoms with Crippen molar-refractivity contribution in [3.8, 4) is 22.8 Å². The number of allylic oxidation sites excluding steroid dienone is 1. The van der Waals surface area contributed by atoms with E-state index < -0.39 is 23.4 Å². The Balaban J connectivity index is 1.87. The topological polar surface area (TPSA) is 111 Å². The van der Waals surface area contributed by atoms with Gasteiger partial charge in [-0.2, -0.15) is 5.10 Å². The second-order valence-corrected chi connectivity index (χ2v) is 8.43. The minimum Gasteiger partial charge on any atom is -0.493 e. The summed E-state index contributed by atoms with van der Waals surface area (Å²) < 4.78 is 42.6. The smallest absolute Gasteiger partial charge is 0.329 e. The van der Waals surface area contributed by atoms with Gasteiger partial charge in [0, 0.05) is 54.7 Å². The second-order valence-electron chi connectivity index (χ2n) is 8.43. The number of pyridine rings is 1. The highest BCUT2D eigenvalue weighted by Crippen LogP contribution is 2.41. The Morgan fingerprint density at radius 2 is 1.92 bits per heavy atom. The fourth-order valence-electron chi connectivity index (χ4n) is 4.20. The minimum absolute atomic E-state index is 0.0920. The number of rotatable bonds is 8. The fraction of sp³-hybridized carbons (Fsp3) is 0.231. The van der Waals surface area contributed by atoms with E-state index in [4.69, 9.17) is 15.2 Å². The first-order chi connectivity index (χ1) is 18.2. The summed E-state index contributed by atoms with van der Waals surface area (Å²) in [5.41, 5.74) is 9.00. The molecule has 1 aromatic carbocycles. The highest BCUT2D eigenvalue weighted by molar-refractivity contribution is 6.07. The largest absolute Gasteiger partial charge is 0.493 e. The standard InChI is InChI=1S/C26H27F2N7O3/c1-6-30-8-7-17(29)13-34-20-9-19(18-14-33(3)32-15(18)2)31-11-16(20)12-35(26(34)36)25-23(27)21(37-4)10-22(38-5)24(25)28/h6-11,14H,1,12-13,29H2,2-5H3/b17-7-,30-8-. The molecule has 38 heavy (non-hydrogen) atoms. The van der Waals surface area contributed by atoms with Crippen LogP contribution in [0.3, 0.4) is 0 Å². The molecule has 0 atom stereocenters. The molecule has 0 fully saturated rings. The van der Waals surface area contributed by atoms with Crippen molar-refractivity contribution in [3.63, 3.8) is 0 Å². The van der Waals surface area contributed by atoms with Gasteiger partial charge < -0.3 is 15.2 Å². The van der Waals surface area contributed by atoms with Crippen LogP contribution in [0.15, 0.2) is 54.1 Å². The van der Waals surface area contributed by atoms with Crippen molar-refractivity contribution in [1.82, 2.24) is 14.8 Å². The first-order valence-corrected chi connectivity index (χ1v) is 11.5. The van der Waals surface area contributed by atoms with Crippen LogP contribution < -0.4 is 25.0 Å². The SMILES string of the molecule is C=C/N=C\C=C(/N)CN1C(=O)N(c2c(F)c(OC)cc(OC)c2F)Cc2cnc(-c3cn(C)nc3C)cc21. The molecule has 3 heterocycles. The summed E-state index contributed by atoms with van der Waals surface area (Å²) in [7, 11) is 4.27. The van der Waals surface area contributed by atoms with Gasteiger partial charge in [0.2, 0.25) is 0 Å². The van der Waals surface area contributed by atoms with Crippen LogP contribution in [0.1, 0.15) is 11.3 Å². The molecule has 0 saturated carbocycles. The molecule has 2 aromatic heterocycles. The number of benzene rings is 1. The molecule has 0 unspecified atom stereocenters. The number of hydrogen-bond acceptors (Lipinski definition) is 7. The van der Waals surface area contributed by atoms with Crippen LogP contribution in [0, 0.1) is 18.6 Å². The Kier molecular flexibility index (Phi) is 7.42. The number of aliphatic imine (C=N–C) groups is 1. The highest BCUT2D eigenvalue weighted by atomic mass is 19.1. The average molecular weight is 524 g/mol. The quantitative estimate of drug-likeness (QED) is 0.446. The summed E-state index contributed by atoms with van der Waals surface area (Å²) in [6, 6.07) is 2.11. The zero-order valence-corrected chi connectivity index (χ0v) is 21.4. The minimum atomic E-state index is -1.04. The number of methoxy groups -OCH3 is 2. The third kappa shape index (κ3) is 4.80. The number of aromatic nitrogens is 3. The lowest BCUT2D eigenvalue weighted by atomic mass is 10.1. The Morgan fingerprint density at radius 1 is 1.24 bits per heavy atom. The van der Waals surface area contributed by atoms with Gasteiger partial charge in [0.05, 0.1) is 44.4 Å². The number of fused-ring (bicyclic) bond motifs is 1. The number of hydrogen-bond donors (Lipinski definition) is 1. The van der Waals surface area contributed by atoms with Gasteiger partial charge in [-0.05, 0) is 19.1 Å². The maximum atomic E-state index is 15.4. The van der Waals surface area contributed by atoms with Gasteiger partial charge in [-0.25, -0.2) is 13.6 Å². The number of urea groups is 1. The van der Waals surface area contributed by atoms with E-state index in [0.29, 0.717) is 16.9 Å². The van der Waals surface area contributed by atoms with Crippen molar-refractivity contribution < 1.29 is 23.0 Å². The molecular weight excluding hydrogens is 496 g/mol. The van der Waals surface area contributed by atoms with E-state index in [0.717, 1.165) is 22.2 Å². The van der Waals surface area contributed by atoms with Gasteiger partial charge in [0.1, 0.15) is 5.69 Å². The maximum absolute atomic E-state index is 15.4. The number of ether oxygens (including phenoxy) is 2. The second kappa shape index (κ2) is 10.7. The van der Waals surface area contributed by atoms with Crippen LogP contribution in [0.25, 0.3) is 11.3 Å². The van der Waals surface area contributed by atoms with Crippen LogP contribution in [0.4, 0.5) is 25.0 Å². The van der Waals surface area contributed by atoms with Crippen molar-refractivity contribution in [3.05, 3.63) is 72.0 Å². The molecule has 198 valence electrons. The van der Waals surface area contributed by atoms with Crippen LogP contribution in [0.5, 0.6) is 11.5 Å². The Morgan fingerprint density at radius 3 is 2.50 bits per heavy atom. The van der Waals surface area contributed by atoms with E-state index in [1.165, 1.54) is 37.6 Å². The van der Waals surface area contributed by atoms with Crippen molar-refractivity contribution in [2.75, 3.05) is 30.6 Å². The molecular formula is C26H27F2N7O3. The molecule has 2 N–H and O–H groups in total. The van der Waals surface area contributed by atoms with Gasteiger partial charge in [-0.15, -0.1) is 0 Å². The molecule has 0 bridgehead atoms. The van der Waals surface area contributed by atoms with Crippen molar-refractivity contribution in [2.45, 2.75) is 13.5 Å². The van der Waals surface area contributed by atoms with E-state index >= 15 is 8.78 Å². The van der Waals surface area contributed by atoms with Crippen molar-refractivity contribution in [1.29, 1.82) is 0 Å². The molecule has 0 spiro atoms. The molecule has 1 aliphatic heterocycles. The first-order valence-electron chi connectivity index (χ1n) is 11.5.